The van der Waals surface area contributed by atoms with Crippen molar-refractivity contribution < 1.29 is 9.53 Å². The predicted octanol–water partition coefficient (Wildman–Crippen LogP) is 1.47. The molecule has 5 nitrogen and oxygen atoms in total. The summed E-state index contributed by atoms with van der Waals surface area (Å²) in [6, 6.07) is 0. The summed E-state index contributed by atoms with van der Waals surface area (Å²) in [4.78, 5) is 18.2. The standard InChI is InChI=1S/C10H17N3O2/c1-7(2)15-5-4-9(14)13-10-11-6-8(3)12-10/h6-7H,4-5H2,1-3H3,(H2,11,12,13,14). The molecule has 2 N–H and O–H groups in total. The van der Waals surface area contributed by atoms with E-state index in [1.54, 1.807) is 6.20 Å². The van der Waals surface area contributed by atoms with Gasteiger partial charge in [-0.25, -0.2) is 4.98 Å². The van der Waals surface area contributed by atoms with Gasteiger partial charge in [-0.1, -0.05) is 0 Å². The number of carbonyl (C=O) groups is 1. The first-order chi connectivity index (χ1) is 7.08. The topological polar surface area (TPSA) is 67.0 Å². The van der Waals surface area contributed by atoms with Gasteiger partial charge in [0.25, 0.3) is 0 Å². The minimum absolute atomic E-state index is 0.0926. The van der Waals surface area contributed by atoms with E-state index in [0.29, 0.717) is 19.0 Å². The fraction of sp³-hybridized carbons (Fsp3) is 0.600. The molecule has 0 aliphatic rings. The van der Waals surface area contributed by atoms with Crippen LogP contribution in [0.1, 0.15) is 26.0 Å². The lowest BCUT2D eigenvalue weighted by Gasteiger charge is -2.06. The number of hydrogen-bond acceptors (Lipinski definition) is 3. The van der Waals surface area contributed by atoms with Crippen molar-refractivity contribution in [3.05, 3.63) is 11.9 Å². The fourth-order valence-corrected chi connectivity index (χ4v) is 1.06. The highest BCUT2D eigenvalue weighted by molar-refractivity contribution is 5.88. The number of amides is 1. The number of aromatic amines is 1. The molecule has 1 aromatic heterocycles. The number of hydrogen-bond donors (Lipinski definition) is 2. The van der Waals surface area contributed by atoms with E-state index in [4.69, 9.17) is 4.74 Å². The largest absolute Gasteiger partial charge is 0.378 e. The lowest BCUT2D eigenvalue weighted by atomic mass is 10.4. The third-order valence-electron chi connectivity index (χ3n) is 1.74. The summed E-state index contributed by atoms with van der Waals surface area (Å²) in [5.41, 5.74) is 0.920. The van der Waals surface area contributed by atoms with Crippen LogP contribution in [0.2, 0.25) is 0 Å². The fourth-order valence-electron chi connectivity index (χ4n) is 1.06. The number of anilines is 1. The number of aryl methyl sites for hydroxylation is 1. The van der Waals surface area contributed by atoms with Gasteiger partial charge >= 0.3 is 0 Å². The molecule has 0 fully saturated rings. The highest BCUT2D eigenvalue weighted by Crippen LogP contribution is 2.01. The van der Waals surface area contributed by atoms with Crippen LogP contribution in [0.5, 0.6) is 0 Å². The van der Waals surface area contributed by atoms with Crippen LogP contribution in [0, 0.1) is 6.92 Å². The Bertz CT molecular complexity index is 320. The Morgan fingerprint density at radius 2 is 2.40 bits per heavy atom. The van der Waals surface area contributed by atoms with Gasteiger partial charge in [0.1, 0.15) is 0 Å². The molecule has 0 saturated carbocycles. The SMILES string of the molecule is Cc1cnc(NC(=O)CCOC(C)C)[nH]1. The van der Waals surface area contributed by atoms with Gasteiger partial charge in [0.15, 0.2) is 0 Å². The summed E-state index contributed by atoms with van der Waals surface area (Å²) in [7, 11) is 0. The van der Waals surface area contributed by atoms with Crippen LogP contribution in [0.15, 0.2) is 6.20 Å². The van der Waals surface area contributed by atoms with E-state index in [9.17, 15) is 4.79 Å². The smallest absolute Gasteiger partial charge is 0.228 e. The molecule has 15 heavy (non-hydrogen) atoms. The molecule has 0 aliphatic heterocycles. The zero-order valence-corrected chi connectivity index (χ0v) is 9.33. The molecule has 84 valence electrons. The second-order valence-corrected chi connectivity index (χ2v) is 3.63. The summed E-state index contributed by atoms with van der Waals surface area (Å²) >= 11 is 0. The van der Waals surface area contributed by atoms with E-state index < -0.39 is 0 Å². The van der Waals surface area contributed by atoms with Gasteiger partial charge in [-0.2, -0.15) is 0 Å². The van der Waals surface area contributed by atoms with Crippen molar-refractivity contribution in [3.8, 4) is 0 Å². The molecule has 0 radical (unpaired) electrons. The average Bonchev–Trinajstić information content (AvgIpc) is 2.50. The number of ether oxygens (including phenoxy) is 1. The number of nitrogens with zero attached hydrogens (tertiary/aromatic N) is 1. The third kappa shape index (κ3) is 4.60. The van der Waals surface area contributed by atoms with Gasteiger partial charge < -0.3 is 9.72 Å². The molecule has 0 atom stereocenters. The van der Waals surface area contributed by atoms with Crippen LogP contribution < -0.4 is 5.32 Å². The molecule has 5 heteroatoms. The molecule has 0 bridgehead atoms. The lowest BCUT2D eigenvalue weighted by molar-refractivity contribution is -0.117. The van der Waals surface area contributed by atoms with Crippen molar-refractivity contribution in [1.29, 1.82) is 0 Å². The minimum atomic E-state index is -0.0926. The van der Waals surface area contributed by atoms with Gasteiger partial charge in [0.2, 0.25) is 11.9 Å². The van der Waals surface area contributed by atoms with Crippen molar-refractivity contribution in [3.63, 3.8) is 0 Å². The van der Waals surface area contributed by atoms with Crippen LogP contribution >= 0.6 is 0 Å². The lowest BCUT2D eigenvalue weighted by Crippen LogP contribution is -2.16. The maximum absolute atomic E-state index is 11.4. The van der Waals surface area contributed by atoms with Crippen LogP contribution in [-0.2, 0) is 9.53 Å². The summed E-state index contributed by atoms with van der Waals surface area (Å²) in [6.45, 7) is 6.19. The Morgan fingerprint density at radius 3 is 2.93 bits per heavy atom. The molecule has 1 aromatic rings. The molecule has 1 heterocycles. The average molecular weight is 211 g/mol. The number of aromatic nitrogens is 2. The van der Waals surface area contributed by atoms with Gasteiger partial charge in [0.05, 0.1) is 19.1 Å². The molecule has 0 spiro atoms. The van der Waals surface area contributed by atoms with Gasteiger partial charge in [0, 0.05) is 11.9 Å². The van der Waals surface area contributed by atoms with E-state index in [-0.39, 0.29) is 12.0 Å². The zero-order valence-electron chi connectivity index (χ0n) is 9.33. The molecular formula is C10H17N3O2. The number of H-pyrrole nitrogens is 1. The monoisotopic (exact) mass is 211 g/mol. The molecule has 0 unspecified atom stereocenters. The van der Waals surface area contributed by atoms with Crippen molar-refractivity contribution in [2.75, 3.05) is 11.9 Å². The van der Waals surface area contributed by atoms with E-state index in [1.165, 1.54) is 0 Å². The van der Waals surface area contributed by atoms with E-state index in [0.717, 1.165) is 5.69 Å². The zero-order chi connectivity index (χ0) is 11.3. The molecule has 0 saturated heterocycles. The minimum Gasteiger partial charge on any atom is -0.378 e. The quantitative estimate of drug-likeness (QED) is 0.775. The van der Waals surface area contributed by atoms with E-state index >= 15 is 0 Å². The number of imidazole rings is 1. The van der Waals surface area contributed by atoms with Crippen LogP contribution in [0.25, 0.3) is 0 Å². The third-order valence-corrected chi connectivity index (χ3v) is 1.74. The first-order valence-corrected chi connectivity index (χ1v) is 5.01. The van der Waals surface area contributed by atoms with Crippen molar-refractivity contribution >= 4 is 11.9 Å². The second kappa shape index (κ2) is 5.50. The van der Waals surface area contributed by atoms with Crippen molar-refractivity contribution in [2.24, 2.45) is 0 Å². The highest BCUT2D eigenvalue weighted by atomic mass is 16.5. The van der Waals surface area contributed by atoms with Crippen molar-refractivity contribution in [2.45, 2.75) is 33.3 Å². The molecular weight excluding hydrogens is 194 g/mol. The van der Waals surface area contributed by atoms with E-state index in [1.807, 2.05) is 20.8 Å². The molecule has 1 rings (SSSR count). The molecule has 0 aliphatic carbocycles. The Labute approximate surface area is 89.2 Å². The van der Waals surface area contributed by atoms with Gasteiger partial charge in [-0.3, -0.25) is 10.1 Å². The Hall–Kier alpha value is -1.36. The maximum Gasteiger partial charge on any atom is 0.228 e. The van der Waals surface area contributed by atoms with Crippen LogP contribution in [0.4, 0.5) is 5.95 Å². The summed E-state index contributed by atoms with van der Waals surface area (Å²) < 4.78 is 5.26. The number of carbonyl (C=O) groups excluding carboxylic acids is 1. The molecule has 1 amide bonds. The Balaban J connectivity index is 2.24. The molecule has 0 aromatic carbocycles. The summed E-state index contributed by atoms with van der Waals surface area (Å²) in [6.07, 6.45) is 2.17. The van der Waals surface area contributed by atoms with Gasteiger partial charge in [-0.05, 0) is 20.8 Å². The Kier molecular flexibility index (Phi) is 4.30. The highest BCUT2D eigenvalue weighted by Gasteiger charge is 2.04. The first-order valence-electron chi connectivity index (χ1n) is 5.01. The summed E-state index contributed by atoms with van der Waals surface area (Å²) in [5.74, 6) is 0.395. The number of rotatable bonds is 5. The van der Waals surface area contributed by atoms with Crippen LogP contribution in [-0.4, -0.2) is 28.6 Å². The normalized spacial score (nSPS) is 10.7. The van der Waals surface area contributed by atoms with Crippen molar-refractivity contribution in [1.82, 2.24) is 9.97 Å². The first kappa shape index (κ1) is 11.7. The van der Waals surface area contributed by atoms with Crippen LogP contribution in [0.3, 0.4) is 0 Å². The van der Waals surface area contributed by atoms with Gasteiger partial charge in [-0.15, -0.1) is 0 Å². The van der Waals surface area contributed by atoms with E-state index in [2.05, 4.69) is 15.3 Å². The predicted molar refractivity (Wildman–Crippen MR) is 57.7 cm³/mol. The summed E-state index contributed by atoms with van der Waals surface area (Å²) in [5, 5.41) is 2.65. The Morgan fingerprint density at radius 1 is 1.67 bits per heavy atom. The second-order valence-electron chi connectivity index (χ2n) is 3.63. The number of nitrogens with one attached hydrogen (secondary N) is 2. The maximum atomic E-state index is 11.4.